The number of likely N-dealkylation sites (tertiary alicyclic amines) is 1. The smallest absolute Gasteiger partial charge is 0.229 e. The number of hydrogen-bond donors (Lipinski definition) is 1. The number of piperidine rings is 1. The number of hydrogen-bond acceptors (Lipinski definition) is 3. The number of amides is 2. The summed E-state index contributed by atoms with van der Waals surface area (Å²) >= 11 is 0. The Bertz CT molecular complexity index is 568. The van der Waals surface area contributed by atoms with Gasteiger partial charge in [-0.05, 0) is 18.6 Å². The molecule has 0 aliphatic carbocycles. The Morgan fingerprint density at radius 1 is 1.17 bits per heavy atom. The van der Waals surface area contributed by atoms with Gasteiger partial charge in [-0.25, -0.2) is 4.98 Å². The normalized spacial score (nSPS) is 16.6. The van der Waals surface area contributed by atoms with Gasteiger partial charge >= 0.3 is 0 Å². The Kier molecular flexibility index (Phi) is 2.59. The summed E-state index contributed by atoms with van der Waals surface area (Å²) in [7, 11) is 0. The Morgan fingerprint density at radius 2 is 1.89 bits per heavy atom. The minimum atomic E-state index is -0.105. The Balaban J connectivity index is 1.87. The van der Waals surface area contributed by atoms with Crippen LogP contribution < -0.4 is 0 Å². The van der Waals surface area contributed by atoms with Gasteiger partial charge in [0.15, 0.2) is 0 Å². The van der Waals surface area contributed by atoms with Gasteiger partial charge in [0.05, 0.1) is 17.6 Å². The van der Waals surface area contributed by atoms with Crippen LogP contribution in [0.4, 0.5) is 0 Å². The highest BCUT2D eigenvalue weighted by Gasteiger charge is 2.26. The molecule has 1 fully saturated rings. The lowest BCUT2D eigenvalue weighted by Crippen LogP contribution is -2.39. The Morgan fingerprint density at radius 3 is 2.61 bits per heavy atom. The lowest BCUT2D eigenvalue weighted by Gasteiger charge is -2.23. The highest BCUT2D eigenvalue weighted by molar-refractivity contribution is 5.97. The van der Waals surface area contributed by atoms with E-state index in [-0.39, 0.29) is 18.4 Å². The second-order valence-electron chi connectivity index (χ2n) is 4.43. The highest BCUT2D eigenvalue weighted by atomic mass is 16.2. The average molecular weight is 243 g/mol. The second kappa shape index (κ2) is 4.25. The van der Waals surface area contributed by atoms with E-state index in [1.54, 1.807) is 0 Å². The van der Waals surface area contributed by atoms with Crippen LogP contribution in [0.2, 0.25) is 0 Å². The molecule has 0 saturated carbocycles. The van der Waals surface area contributed by atoms with E-state index >= 15 is 0 Å². The van der Waals surface area contributed by atoms with Crippen LogP contribution >= 0.6 is 0 Å². The number of carbonyl (C=O) groups excluding carboxylic acids is 2. The quantitative estimate of drug-likeness (QED) is 0.815. The van der Waals surface area contributed by atoms with Gasteiger partial charge in [0.25, 0.3) is 0 Å². The van der Waals surface area contributed by atoms with Gasteiger partial charge in [0.1, 0.15) is 5.82 Å². The molecule has 1 aliphatic rings. The molecule has 5 nitrogen and oxygen atoms in total. The van der Waals surface area contributed by atoms with E-state index in [9.17, 15) is 9.59 Å². The largest absolute Gasteiger partial charge is 0.340 e. The summed E-state index contributed by atoms with van der Waals surface area (Å²) < 4.78 is 0. The number of H-pyrrole nitrogens is 1. The maximum Gasteiger partial charge on any atom is 0.229 e. The predicted octanol–water partition coefficient (Wildman–Crippen LogP) is 1.60. The van der Waals surface area contributed by atoms with Crippen molar-refractivity contribution in [3.05, 3.63) is 30.1 Å². The zero-order valence-electron chi connectivity index (χ0n) is 9.85. The maximum atomic E-state index is 11.7. The van der Waals surface area contributed by atoms with Crippen molar-refractivity contribution < 1.29 is 9.59 Å². The zero-order valence-corrected chi connectivity index (χ0v) is 9.85. The molecule has 1 N–H and O–H groups in total. The number of aromatic amines is 1. The molecule has 0 bridgehead atoms. The van der Waals surface area contributed by atoms with Gasteiger partial charge < -0.3 is 4.98 Å². The van der Waals surface area contributed by atoms with Crippen molar-refractivity contribution in [3.63, 3.8) is 0 Å². The zero-order chi connectivity index (χ0) is 12.5. The lowest BCUT2D eigenvalue weighted by molar-refractivity contribution is -0.148. The predicted molar refractivity (Wildman–Crippen MR) is 65.5 cm³/mol. The van der Waals surface area contributed by atoms with Crippen molar-refractivity contribution in [2.24, 2.45) is 0 Å². The molecule has 1 aromatic carbocycles. The summed E-state index contributed by atoms with van der Waals surface area (Å²) in [6, 6.07) is 7.65. The number of benzene rings is 1. The van der Waals surface area contributed by atoms with Crippen molar-refractivity contribution in [3.8, 4) is 0 Å². The highest BCUT2D eigenvalue weighted by Crippen LogP contribution is 2.16. The van der Waals surface area contributed by atoms with Crippen LogP contribution in [0.25, 0.3) is 11.0 Å². The number of imidazole rings is 1. The molecule has 92 valence electrons. The van der Waals surface area contributed by atoms with Crippen LogP contribution in [0.3, 0.4) is 0 Å². The van der Waals surface area contributed by atoms with E-state index in [4.69, 9.17) is 0 Å². The Hall–Kier alpha value is -2.17. The molecule has 18 heavy (non-hydrogen) atoms. The molecule has 0 atom stereocenters. The average Bonchev–Trinajstić information content (AvgIpc) is 2.76. The van der Waals surface area contributed by atoms with E-state index in [1.807, 2.05) is 24.3 Å². The Labute approximate surface area is 104 Å². The molecule has 3 rings (SSSR count). The first-order valence-electron chi connectivity index (χ1n) is 6.01. The van der Waals surface area contributed by atoms with Gasteiger partial charge in [0, 0.05) is 12.8 Å². The van der Waals surface area contributed by atoms with Crippen LogP contribution in [0.15, 0.2) is 24.3 Å². The van der Waals surface area contributed by atoms with Crippen molar-refractivity contribution >= 4 is 22.8 Å². The number of nitrogens with zero attached hydrogens (tertiary/aromatic N) is 2. The van der Waals surface area contributed by atoms with Crippen molar-refractivity contribution in [1.29, 1.82) is 0 Å². The molecule has 2 aromatic rings. The first-order chi connectivity index (χ1) is 8.74. The van der Waals surface area contributed by atoms with Crippen LogP contribution in [0.1, 0.15) is 25.1 Å². The number of imide groups is 1. The molecule has 1 aromatic heterocycles. The van der Waals surface area contributed by atoms with Gasteiger partial charge in [-0.2, -0.15) is 0 Å². The van der Waals surface area contributed by atoms with E-state index < -0.39 is 0 Å². The summed E-state index contributed by atoms with van der Waals surface area (Å²) in [6.45, 7) is 0.242. The van der Waals surface area contributed by atoms with Gasteiger partial charge in [0.2, 0.25) is 11.8 Å². The van der Waals surface area contributed by atoms with Gasteiger partial charge in [-0.15, -0.1) is 0 Å². The third kappa shape index (κ3) is 1.88. The minimum Gasteiger partial charge on any atom is -0.340 e. The molecule has 1 aliphatic heterocycles. The molecule has 0 spiro atoms. The van der Waals surface area contributed by atoms with E-state index in [2.05, 4.69) is 9.97 Å². The van der Waals surface area contributed by atoms with Crippen LogP contribution in [-0.2, 0) is 16.1 Å². The standard InChI is InChI=1S/C13H13N3O2/c17-12-6-3-7-13(18)16(12)8-11-14-9-4-1-2-5-10(9)15-11/h1-2,4-5H,3,6-8H2,(H,14,15). The summed E-state index contributed by atoms with van der Waals surface area (Å²) in [5.74, 6) is 0.443. The number of nitrogens with one attached hydrogen (secondary N) is 1. The lowest BCUT2D eigenvalue weighted by atomic mass is 10.1. The first-order valence-corrected chi connectivity index (χ1v) is 6.01. The fourth-order valence-corrected chi connectivity index (χ4v) is 2.21. The van der Waals surface area contributed by atoms with Crippen LogP contribution in [0, 0.1) is 0 Å². The summed E-state index contributed by atoms with van der Waals surface area (Å²) in [5, 5.41) is 0. The number of aromatic nitrogens is 2. The molecular weight excluding hydrogens is 230 g/mol. The first kappa shape index (κ1) is 11.0. The molecule has 1 saturated heterocycles. The van der Waals surface area contributed by atoms with Crippen molar-refractivity contribution in [2.75, 3.05) is 0 Å². The number of fused-ring (bicyclic) bond motifs is 1. The number of para-hydroxylation sites is 2. The summed E-state index contributed by atoms with van der Waals surface area (Å²) in [5.41, 5.74) is 1.77. The third-order valence-electron chi connectivity index (χ3n) is 3.13. The van der Waals surface area contributed by atoms with E-state index in [0.29, 0.717) is 25.1 Å². The van der Waals surface area contributed by atoms with Crippen molar-refractivity contribution in [1.82, 2.24) is 14.9 Å². The third-order valence-corrected chi connectivity index (χ3v) is 3.13. The molecule has 2 heterocycles. The van der Waals surface area contributed by atoms with E-state index in [1.165, 1.54) is 4.90 Å². The maximum absolute atomic E-state index is 11.7. The molecule has 5 heteroatoms. The monoisotopic (exact) mass is 243 g/mol. The number of rotatable bonds is 2. The molecular formula is C13H13N3O2. The van der Waals surface area contributed by atoms with Crippen LogP contribution in [0.5, 0.6) is 0 Å². The molecule has 0 radical (unpaired) electrons. The number of carbonyl (C=O) groups is 2. The minimum absolute atomic E-state index is 0.105. The van der Waals surface area contributed by atoms with Gasteiger partial charge in [-0.1, -0.05) is 12.1 Å². The van der Waals surface area contributed by atoms with E-state index in [0.717, 1.165) is 11.0 Å². The van der Waals surface area contributed by atoms with Gasteiger partial charge in [-0.3, -0.25) is 14.5 Å². The fraction of sp³-hybridized carbons (Fsp3) is 0.308. The molecule has 2 amide bonds. The SMILES string of the molecule is O=C1CCCC(=O)N1Cc1nc2ccccc2[nH]1. The summed E-state index contributed by atoms with van der Waals surface area (Å²) in [4.78, 5) is 32.2. The summed E-state index contributed by atoms with van der Waals surface area (Å²) in [6.07, 6.45) is 1.56. The van der Waals surface area contributed by atoms with Crippen LogP contribution in [-0.4, -0.2) is 26.7 Å². The fourth-order valence-electron chi connectivity index (χ4n) is 2.21. The second-order valence-corrected chi connectivity index (χ2v) is 4.43. The topological polar surface area (TPSA) is 66.1 Å². The van der Waals surface area contributed by atoms with Crippen molar-refractivity contribution in [2.45, 2.75) is 25.8 Å². The molecule has 0 unspecified atom stereocenters.